The summed E-state index contributed by atoms with van der Waals surface area (Å²) >= 11 is 0. The molecule has 1 atom stereocenters. The van der Waals surface area contributed by atoms with Gasteiger partial charge in [0, 0.05) is 6.54 Å². The highest BCUT2D eigenvalue weighted by Gasteiger charge is 2.33. The average molecular weight is 300 g/mol. The Morgan fingerprint density at radius 2 is 1.91 bits per heavy atom. The lowest BCUT2D eigenvalue weighted by molar-refractivity contribution is -0.137. The van der Waals surface area contributed by atoms with Crippen molar-refractivity contribution in [3.8, 4) is 5.75 Å². The molecule has 22 heavy (non-hydrogen) atoms. The van der Waals surface area contributed by atoms with Gasteiger partial charge < -0.3 is 15.4 Å². The van der Waals surface area contributed by atoms with E-state index in [0.29, 0.717) is 11.4 Å². The van der Waals surface area contributed by atoms with Crippen molar-refractivity contribution in [1.29, 1.82) is 0 Å². The average Bonchev–Trinajstić information content (AvgIpc) is 2.53. The molecule has 1 aliphatic heterocycles. The third-order valence-electron chi connectivity index (χ3n) is 3.25. The minimum Gasteiger partial charge on any atom is -0.468 e. The number of halogens is 1. The second kappa shape index (κ2) is 5.85. The first-order chi connectivity index (χ1) is 10.6. The molecule has 3 rings (SSSR count). The molecule has 2 amide bonds. The molecule has 112 valence electrons. The van der Waals surface area contributed by atoms with Crippen LogP contribution in [0.2, 0.25) is 0 Å². The van der Waals surface area contributed by atoms with E-state index in [4.69, 9.17) is 4.74 Å². The molecule has 0 spiro atoms. The number of amides is 2. The van der Waals surface area contributed by atoms with Gasteiger partial charge in [-0.3, -0.25) is 9.59 Å². The number of anilines is 1. The Hall–Kier alpha value is -2.89. The van der Waals surface area contributed by atoms with Gasteiger partial charge in [-0.25, -0.2) is 4.39 Å². The Morgan fingerprint density at radius 3 is 2.68 bits per heavy atom. The van der Waals surface area contributed by atoms with Crippen LogP contribution >= 0.6 is 0 Å². The highest BCUT2D eigenvalue weighted by Crippen LogP contribution is 2.28. The van der Waals surface area contributed by atoms with E-state index in [-0.39, 0.29) is 12.4 Å². The summed E-state index contributed by atoms with van der Waals surface area (Å²) in [6.07, 6.45) is -1.24. The second-order valence-corrected chi connectivity index (χ2v) is 4.83. The third kappa shape index (κ3) is 2.90. The van der Waals surface area contributed by atoms with Crippen molar-refractivity contribution in [2.45, 2.75) is 12.6 Å². The largest absolute Gasteiger partial charge is 0.468 e. The Kier molecular flexibility index (Phi) is 3.74. The number of hydrogen-bond acceptors (Lipinski definition) is 3. The Labute approximate surface area is 126 Å². The zero-order chi connectivity index (χ0) is 15.5. The van der Waals surface area contributed by atoms with Crippen LogP contribution in [-0.4, -0.2) is 17.9 Å². The van der Waals surface area contributed by atoms with E-state index >= 15 is 0 Å². The molecule has 5 nitrogen and oxygen atoms in total. The quantitative estimate of drug-likeness (QED) is 0.850. The Balaban J connectivity index is 1.65. The molecular weight excluding hydrogens is 287 g/mol. The van der Waals surface area contributed by atoms with E-state index in [1.54, 1.807) is 36.4 Å². The van der Waals surface area contributed by atoms with Crippen LogP contribution in [0.1, 0.15) is 5.56 Å². The first kappa shape index (κ1) is 14.1. The van der Waals surface area contributed by atoms with Gasteiger partial charge in [0.1, 0.15) is 11.6 Å². The van der Waals surface area contributed by atoms with Crippen molar-refractivity contribution < 1.29 is 18.7 Å². The number of hydrogen-bond donors (Lipinski definition) is 2. The Bertz CT molecular complexity index is 716. The minimum atomic E-state index is -1.24. The van der Waals surface area contributed by atoms with Crippen molar-refractivity contribution in [3.63, 3.8) is 0 Å². The van der Waals surface area contributed by atoms with Gasteiger partial charge in [0.2, 0.25) is 0 Å². The normalized spacial score (nSPS) is 16.2. The first-order valence-electron chi connectivity index (χ1n) is 6.72. The summed E-state index contributed by atoms with van der Waals surface area (Å²) in [6.45, 7) is 0.188. The van der Waals surface area contributed by atoms with Gasteiger partial charge in [0.15, 0.2) is 0 Å². The number of fused-ring (bicyclic) bond motifs is 1. The molecule has 2 N–H and O–H groups in total. The lowest BCUT2D eigenvalue weighted by Gasteiger charge is -2.24. The smallest absolute Gasteiger partial charge is 0.275 e. The van der Waals surface area contributed by atoms with Gasteiger partial charge in [0.05, 0.1) is 5.69 Å². The van der Waals surface area contributed by atoms with Crippen molar-refractivity contribution >= 4 is 17.5 Å². The molecule has 2 aromatic carbocycles. The van der Waals surface area contributed by atoms with E-state index in [2.05, 4.69) is 10.6 Å². The van der Waals surface area contributed by atoms with Crippen molar-refractivity contribution in [1.82, 2.24) is 5.32 Å². The molecule has 6 heteroatoms. The fraction of sp³-hybridized carbons (Fsp3) is 0.125. The Morgan fingerprint density at radius 1 is 1.18 bits per heavy atom. The van der Waals surface area contributed by atoms with Crippen LogP contribution in [0, 0.1) is 5.82 Å². The van der Waals surface area contributed by atoms with Gasteiger partial charge in [-0.2, -0.15) is 0 Å². The number of rotatable bonds is 3. The molecule has 2 aromatic rings. The van der Waals surface area contributed by atoms with Gasteiger partial charge in [-0.05, 0) is 29.8 Å². The monoisotopic (exact) mass is 300 g/mol. The molecule has 0 radical (unpaired) electrons. The van der Waals surface area contributed by atoms with Crippen LogP contribution in [0.5, 0.6) is 5.75 Å². The van der Waals surface area contributed by atoms with Crippen LogP contribution in [0.4, 0.5) is 10.1 Å². The van der Waals surface area contributed by atoms with E-state index in [0.717, 1.165) is 5.56 Å². The van der Waals surface area contributed by atoms with Gasteiger partial charge in [-0.1, -0.05) is 24.3 Å². The topological polar surface area (TPSA) is 67.4 Å². The van der Waals surface area contributed by atoms with E-state index in [9.17, 15) is 14.0 Å². The summed E-state index contributed by atoms with van der Waals surface area (Å²) in [5, 5.41) is 5.22. The van der Waals surface area contributed by atoms with E-state index in [1.165, 1.54) is 12.1 Å². The molecule has 0 aromatic heterocycles. The van der Waals surface area contributed by atoms with Crippen LogP contribution in [0.3, 0.4) is 0 Å². The summed E-state index contributed by atoms with van der Waals surface area (Å²) in [7, 11) is 0. The van der Waals surface area contributed by atoms with Crippen molar-refractivity contribution in [3.05, 3.63) is 59.9 Å². The molecule has 0 fully saturated rings. The number of nitrogens with one attached hydrogen (secondary N) is 2. The third-order valence-corrected chi connectivity index (χ3v) is 3.25. The van der Waals surface area contributed by atoms with Gasteiger partial charge >= 0.3 is 0 Å². The molecular formula is C16H13FN2O3. The maximum atomic E-state index is 12.8. The zero-order valence-corrected chi connectivity index (χ0v) is 11.5. The maximum Gasteiger partial charge on any atom is 0.275 e. The van der Waals surface area contributed by atoms with E-state index < -0.39 is 17.9 Å². The predicted octanol–water partition coefficient (Wildman–Crippen LogP) is 1.84. The summed E-state index contributed by atoms with van der Waals surface area (Å²) in [4.78, 5) is 24.0. The van der Waals surface area contributed by atoms with Crippen LogP contribution < -0.4 is 15.4 Å². The molecule has 1 unspecified atom stereocenters. The summed E-state index contributed by atoms with van der Waals surface area (Å²) in [5.41, 5.74) is 1.27. The molecule has 1 heterocycles. The van der Waals surface area contributed by atoms with Crippen molar-refractivity contribution in [2.75, 3.05) is 5.32 Å². The molecule has 0 saturated heterocycles. The standard InChI is InChI=1S/C16H13FN2O3/c17-11-7-5-10(6-8-11)9-18-15(20)14-16(21)19-12-3-1-2-4-13(12)22-14/h1-8,14H,9H2,(H,18,20)(H,19,21). The van der Waals surface area contributed by atoms with Crippen LogP contribution in [0.15, 0.2) is 48.5 Å². The van der Waals surface area contributed by atoms with Gasteiger partial charge in [-0.15, -0.1) is 0 Å². The van der Waals surface area contributed by atoms with Crippen LogP contribution in [-0.2, 0) is 16.1 Å². The second-order valence-electron chi connectivity index (χ2n) is 4.83. The zero-order valence-electron chi connectivity index (χ0n) is 11.5. The lowest BCUT2D eigenvalue weighted by Crippen LogP contribution is -2.48. The molecule has 0 aliphatic carbocycles. The number of para-hydroxylation sites is 2. The number of benzene rings is 2. The fourth-order valence-electron chi connectivity index (χ4n) is 2.11. The summed E-state index contributed by atoms with van der Waals surface area (Å²) < 4.78 is 18.2. The van der Waals surface area contributed by atoms with E-state index in [1.807, 2.05) is 0 Å². The number of carbonyl (C=O) groups is 2. The minimum absolute atomic E-state index is 0.188. The molecule has 0 bridgehead atoms. The predicted molar refractivity (Wildman–Crippen MR) is 77.7 cm³/mol. The fourth-order valence-corrected chi connectivity index (χ4v) is 2.11. The highest BCUT2D eigenvalue weighted by atomic mass is 19.1. The first-order valence-corrected chi connectivity index (χ1v) is 6.72. The maximum absolute atomic E-state index is 12.8. The van der Waals surface area contributed by atoms with Crippen molar-refractivity contribution in [2.24, 2.45) is 0 Å². The van der Waals surface area contributed by atoms with Gasteiger partial charge in [0.25, 0.3) is 17.9 Å². The molecule has 1 aliphatic rings. The molecule has 0 saturated carbocycles. The lowest BCUT2D eigenvalue weighted by atomic mass is 10.2. The summed E-state index contributed by atoms with van der Waals surface area (Å²) in [5.74, 6) is -0.961. The highest BCUT2D eigenvalue weighted by molar-refractivity contribution is 6.11. The van der Waals surface area contributed by atoms with Crippen LogP contribution in [0.25, 0.3) is 0 Å². The number of ether oxygens (including phenoxy) is 1. The SMILES string of the molecule is O=C(NCc1ccc(F)cc1)C1Oc2ccccc2NC1=O. The summed E-state index contributed by atoms with van der Waals surface area (Å²) in [6, 6.07) is 12.6. The number of carbonyl (C=O) groups excluding carboxylic acids is 2.